The van der Waals surface area contributed by atoms with Gasteiger partial charge in [0.2, 0.25) is 5.82 Å². The SMILES string of the molecule is Cc1ccnc(NCC(CO)Cc2cnn(C)c2)c1[N+](=O)[O-]. The van der Waals surface area contributed by atoms with E-state index in [4.69, 9.17) is 0 Å². The Morgan fingerprint density at radius 3 is 2.91 bits per heavy atom. The van der Waals surface area contributed by atoms with Crippen LogP contribution >= 0.6 is 0 Å². The average Bonchev–Trinajstić information content (AvgIpc) is 2.88. The van der Waals surface area contributed by atoms with E-state index in [1.165, 1.54) is 6.20 Å². The van der Waals surface area contributed by atoms with Crippen molar-refractivity contribution in [3.05, 3.63) is 45.9 Å². The number of nitrogens with one attached hydrogen (secondary N) is 1. The minimum atomic E-state index is -0.445. The lowest BCUT2D eigenvalue weighted by atomic mass is 10.0. The zero-order chi connectivity index (χ0) is 16.1. The smallest absolute Gasteiger partial charge is 0.314 e. The molecule has 0 saturated heterocycles. The van der Waals surface area contributed by atoms with Gasteiger partial charge in [0, 0.05) is 44.1 Å². The number of pyridine rings is 1. The molecule has 0 aliphatic heterocycles. The van der Waals surface area contributed by atoms with E-state index in [2.05, 4.69) is 15.4 Å². The Balaban J connectivity index is 2.04. The normalized spacial score (nSPS) is 12.1. The van der Waals surface area contributed by atoms with E-state index in [9.17, 15) is 15.2 Å². The molecule has 0 amide bonds. The van der Waals surface area contributed by atoms with Crippen LogP contribution in [0.3, 0.4) is 0 Å². The van der Waals surface area contributed by atoms with Gasteiger partial charge in [-0.3, -0.25) is 14.8 Å². The summed E-state index contributed by atoms with van der Waals surface area (Å²) in [5, 5.41) is 27.7. The van der Waals surface area contributed by atoms with Crippen molar-refractivity contribution in [2.24, 2.45) is 13.0 Å². The number of anilines is 1. The molecule has 8 nitrogen and oxygen atoms in total. The zero-order valence-electron chi connectivity index (χ0n) is 12.6. The van der Waals surface area contributed by atoms with Crippen molar-refractivity contribution in [2.45, 2.75) is 13.3 Å². The number of nitrogens with zero attached hydrogens (tertiary/aromatic N) is 4. The maximum atomic E-state index is 11.1. The predicted molar refractivity (Wildman–Crippen MR) is 81.6 cm³/mol. The highest BCUT2D eigenvalue weighted by Gasteiger charge is 2.19. The standard InChI is InChI=1S/C14H19N5O3/c1-10-3-4-15-14(13(10)19(21)22)16-6-12(9-20)5-11-7-17-18(2)8-11/h3-4,7-8,12,20H,5-6,9H2,1-2H3,(H,15,16). The van der Waals surface area contributed by atoms with Crippen molar-refractivity contribution in [3.8, 4) is 0 Å². The fraction of sp³-hybridized carbons (Fsp3) is 0.429. The molecular weight excluding hydrogens is 286 g/mol. The van der Waals surface area contributed by atoms with Crippen molar-refractivity contribution in [2.75, 3.05) is 18.5 Å². The van der Waals surface area contributed by atoms with Gasteiger partial charge in [-0.2, -0.15) is 5.10 Å². The lowest BCUT2D eigenvalue weighted by molar-refractivity contribution is -0.384. The molecule has 2 N–H and O–H groups in total. The van der Waals surface area contributed by atoms with Gasteiger partial charge in [0.25, 0.3) is 0 Å². The molecule has 0 aliphatic rings. The zero-order valence-corrected chi connectivity index (χ0v) is 12.6. The van der Waals surface area contributed by atoms with Gasteiger partial charge in [0.1, 0.15) is 0 Å². The first-order valence-corrected chi connectivity index (χ1v) is 6.93. The van der Waals surface area contributed by atoms with Gasteiger partial charge in [-0.15, -0.1) is 0 Å². The van der Waals surface area contributed by atoms with Gasteiger partial charge in [0.15, 0.2) is 0 Å². The molecule has 0 fully saturated rings. The maximum Gasteiger partial charge on any atom is 0.314 e. The topological polar surface area (TPSA) is 106 Å². The van der Waals surface area contributed by atoms with E-state index in [0.717, 1.165) is 5.56 Å². The molecule has 0 bridgehead atoms. The van der Waals surface area contributed by atoms with Crippen LogP contribution in [0.25, 0.3) is 0 Å². The van der Waals surface area contributed by atoms with Gasteiger partial charge in [0.05, 0.1) is 11.1 Å². The Labute approximate surface area is 128 Å². The second-order valence-corrected chi connectivity index (χ2v) is 5.24. The maximum absolute atomic E-state index is 11.1. The van der Waals surface area contributed by atoms with Crippen LogP contribution in [0, 0.1) is 23.0 Å². The minimum Gasteiger partial charge on any atom is -0.396 e. The summed E-state index contributed by atoms with van der Waals surface area (Å²) in [6.07, 6.45) is 5.79. The van der Waals surface area contributed by atoms with Crippen LogP contribution in [-0.2, 0) is 13.5 Å². The third-order valence-electron chi connectivity index (χ3n) is 3.41. The average molecular weight is 305 g/mol. The second-order valence-electron chi connectivity index (χ2n) is 5.24. The summed E-state index contributed by atoms with van der Waals surface area (Å²) < 4.78 is 1.70. The molecule has 1 atom stereocenters. The third-order valence-corrected chi connectivity index (χ3v) is 3.41. The molecule has 2 aromatic rings. The van der Waals surface area contributed by atoms with Gasteiger partial charge in [-0.05, 0) is 25.0 Å². The molecule has 2 rings (SSSR count). The largest absolute Gasteiger partial charge is 0.396 e. The molecule has 0 saturated carbocycles. The van der Waals surface area contributed by atoms with E-state index in [0.29, 0.717) is 18.5 Å². The van der Waals surface area contributed by atoms with Crippen molar-refractivity contribution in [1.29, 1.82) is 0 Å². The first-order valence-electron chi connectivity index (χ1n) is 6.93. The van der Waals surface area contributed by atoms with E-state index < -0.39 is 4.92 Å². The van der Waals surface area contributed by atoms with Crippen molar-refractivity contribution < 1.29 is 10.0 Å². The fourth-order valence-corrected chi connectivity index (χ4v) is 2.26. The van der Waals surface area contributed by atoms with Crippen LogP contribution in [0.4, 0.5) is 11.5 Å². The lowest BCUT2D eigenvalue weighted by Crippen LogP contribution is -2.21. The Morgan fingerprint density at radius 2 is 2.32 bits per heavy atom. The van der Waals surface area contributed by atoms with Crippen LogP contribution < -0.4 is 5.32 Å². The monoisotopic (exact) mass is 305 g/mol. The van der Waals surface area contributed by atoms with Gasteiger partial charge < -0.3 is 10.4 Å². The molecule has 0 radical (unpaired) electrons. The highest BCUT2D eigenvalue weighted by molar-refractivity contribution is 5.59. The lowest BCUT2D eigenvalue weighted by Gasteiger charge is -2.15. The van der Waals surface area contributed by atoms with E-state index >= 15 is 0 Å². The molecule has 0 aliphatic carbocycles. The summed E-state index contributed by atoms with van der Waals surface area (Å²) in [5.41, 5.74) is 1.53. The molecule has 8 heteroatoms. The van der Waals surface area contributed by atoms with Crippen LogP contribution in [0.15, 0.2) is 24.7 Å². The van der Waals surface area contributed by atoms with E-state index in [1.807, 2.05) is 13.2 Å². The van der Waals surface area contributed by atoms with Crippen LogP contribution in [0.1, 0.15) is 11.1 Å². The van der Waals surface area contributed by atoms with Gasteiger partial charge in [-0.25, -0.2) is 4.98 Å². The van der Waals surface area contributed by atoms with Crippen molar-refractivity contribution >= 4 is 11.5 Å². The summed E-state index contributed by atoms with van der Waals surface area (Å²) in [4.78, 5) is 14.7. The third kappa shape index (κ3) is 3.79. The molecule has 2 heterocycles. The van der Waals surface area contributed by atoms with Crippen LogP contribution in [-0.4, -0.2) is 37.9 Å². The highest BCUT2D eigenvalue weighted by atomic mass is 16.6. The first kappa shape index (κ1) is 15.9. The Kier molecular flexibility index (Phi) is 5.05. The van der Waals surface area contributed by atoms with Crippen LogP contribution in [0.5, 0.6) is 0 Å². The number of aryl methyl sites for hydroxylation is 2. The molecule has 118 valence electrons. The summed E-state index contributed by atoms with van der Waals surface area (Å²) >= 11 is 0. The fourth-order valence-electron chi connectivity index (χ4n) is 2.26. The quantitative estimate of drug-likeness (QED) is 0.590. The van der Waals surface area contributed by atoms with Gasteiger partial charge in [-0.1, -0.05) is 0 Å². The van der Waals surface area contributed by atoms with Crippen molar-refractivity contribution in [3.63, 3.8) is 0 Å². The molecule has 2 aromatic heterocycles. The first-order chi connectivity index (χ1) is 10.5. The number of aliphatic hydroxyl groups is 1. The molecule has 1 unspecified atom stereocenters. The van der Waals surface area contributed by atoms with Crippen molar-refractivity contribution in [1.82, 2.24) is 14.8 Å². The highest BCUT2D eigenvalue weighted by Crippen LogP contribution is 2.25. The van der Waals surface area contributed by atoms with Gasteiger partial charge >= 0.3 is 5.69 Å². The number of nitro groups is 1. The summed E-state index contributed by atoms with van der Waals surface area (Å²) in [7, 11) is 1.83. The second kappa shape index (κ2) is 6.99. The van der Waals surface area contributed by atoms with E-state index in [-0.39, 0.29) is 24.0 Å². The Morgan fingerprint density at radius 1 is 1.55 bits per heavy atom. The number of aliphatic hydroxyl groups excluding tert-OH is 1. The Hall–Kier alpha value is -2.48. The summed E-state index contributed by atoms with van der Waals surface area (Å²) in [5.74, 6) is 0.153. The molecular formula is C14H19N5O3. The number of rotatable bonds is 7. The molecule has 0 aromatic carbocycles. The summed E-state index contributed by atoms with van der Waals surface area (Å²) in [6.45, 7) is 2.04. The number of aromatic nitrogens is 3. The molecule has 0 spiro atoms. The molecule has 22 heavy (non-hydrogen) atoms. The summed E-state index contributed by atoms with van der Waals surface area (Å²) in [6, 6.07) is 1.60. The van der Waals surface area contributed by atoms with E-state index in [1.54, 1.807) is 23.9 Å². The minimum absolute atomic E-state index is 0.0263. The number of hydrogen-bond acceptors (Lipinski definition) is 6. The Bertz CT molecular complexity index is 656. The number of hydrogen-bond donors (Lipinski definition) is 2. The van der Waals surface area contributed by atoms with Crippen LogP contribution in [0.2, 0.25) is 0 Å². The predicted octanol–water partition coefficient (Wildman–Crippen LogP) is 1.29.